The van der Waals surface area contributed by atoms with Crippen LogP contribution in [0.2, 0.25) is 5.02 Å². The van der Waals surface area contributed by atoms with E-state index in [0.29, 0.717) is 47.0 Å². The van der Waals surface area contributed by atoms with E-state index in [9.17, 15) is 0 Å². The summed E-state index contributed by atoms with van der Waals surface area (Å²) in [7, 11) is 4.72. The van der Waals surface area contributed by atoms with E-state index < -0.39 is 0 Å². The number of nitrogens with zero attached hydrogens (tertiary/aromatic N) is 3. The average Bonchev–Trinajstić information content (AvgIpc) is 3.42. The Hall–Kier alpha value is -2.77. The Morgan fingerprint density at radius 3 is 2.67 bits per heavy atom. The van der Waals surface area contributed by atoms with Crippen molar-refractivity contribution in [1.82, 2.24) is 15.0 Å². The number of hydrogen-bond donors (Lipinski definition) is 0. The van der Waals surface area contributed by atoms with E-state index >= 15 is 0 Å². The van der Waals surface area contributed by atoms with Crippen LogP contribution in [0.4, 0.5) is 0 Å². The van der Waals surface area contributed by atoms with Crippen LogP contribution >= 0.6 is 11.6 Å². The van der Waals surface area contributed by atoms with Crippen LogP contribution in [-0.4, -0.2) is 49.5 Å². The predicted molar refractivity (Wildman–Crippen MR) is 113 cm³/mol. The zero-order valence-electron chi connectivity index (χ0n) is 17.2. The molecule has 1 saturated heterocycles. The van der Waals surface area contributed by atoms with E-state index in [2.05, 4.69) is 21.1 Å². The van der Waals surface area contributed by atoms with Gasteiger partial charge in [0.05, 0.1) is 33.4 Å². The fourth-order valence-electron chi connectivity index (χ4n) is 3.91. The second-order valence-electron chi connectivity index (χ2n) is 7.17. The minimum Gasteiger partial charge on any atom is -0.493 e. The Kier molecular flexibility index (Phi) is 6.11. The zero-order chi connectivity index (χ0) is 21.1. The Morgan fingerprint density at radius 2 is 1.93 bits per heavy atom. The first-order chi connectivity index (χ1) is 14.6. The molecule has 7 nitrogen and oxygen atoms in total. The molecule has 1 aromatic heterocycles. The molecule has 0 radical (unpaired) electrons. The molecule has 1 aliphatic rings. The summed E-state index contributed by atoms with van der Waals surface area (Å²) in [6.07, 6.45) is 1.07. The lowest BCUT2D eigenvalue weighted by Crippen LogP contribution is -2.20. The molecule has 2 aromatic carbocycles. The van der Waals surface area contributed by atoms with E-state index in [-0.39, 0.29) is 0 Å². The molecule has 1 aliphatic heterocycles. The molecule has 0 unspecified atom stereocenters. The van der Waals surface area contributed by atoms with Crippen LogP contribution in [0.15, 0.2) is 40.9 Å². The summed E-state index contributed by atoms with van der Waals surface area (Å²) in [5.41, 5.74) is 1.95. The van der Waals surface area contributed by atoms with Gasteiger partial charge in [0.25, 0.3) is 0 Å². The summed E-state index contributed by atoms with van der Waals surface area (Å²) >= 11 is 6.14. The number of rotatable bonds is 7. The summed E-state index contributed by atoms with van der Waals surface area (Å²) in [6.45, 7) is 2.49. The first kappa shape index (κ1) is 20.5. The quantitative estimate of drug-likeness (QED) is 0.551. The summed E-state index contributed by atoms with van der Waals surface area (Å²) < 4.78 is 21.8. The highest BCUT2D eigenvalue weighted by Gasteiger charge is 2.26. The first-order valence-electron chi connectivity index (χ1n) is 9.72. The molecule has 1 atom stereocenters. The SMILES string of the molecule is COc1ccc(-c2noc(CN3CC[C@H](c4cccc(Cl)c4)C3)n2)c(OC)c1OC. The minimum absolute atomic E-state index is 0.452. The second-order valence-corrected chi connectivity index (χ2v) is 7.61. The van der Waals surface area contributed by atoms with Crippen molar-refractivity contribution in [3.05, 3.63) is 52.9 Å². The van der Waals surface area contributed by atoms with Crippen molar-refractivity contribution in [2.24, 2.45) is 0 Å². The number of likely N-dealkylation sites (tertiary alicyclic amines) is 1. The Bertz CT molecular complexity index is 1020. The third-order valence-electron chi connectivity index (χ3n) is 5.36. The average molecular weight is 430 g/mol. The lowest BCUT2D eigenvalue weighted by molar-refractivity contribution is 0.265. The fourth-order valence-corrected chi connectivity index (χ4v) is 4.10. The van der Waals surface area contributed by atoms with Gasteiger partial charge in [-0.05, 0) is 48.7 Å². The van der Waals surface area contributed by atoms with Gasteiger partial charge in [-0.2, -0.15) is 4.98 Å². The standard InChI is InChI=1S/C22H24ClN3O4/c1-27-18-8-7-17(20(28-2)21(18)29-3)22-24-19(30-25-22)13-26-10-9-15(12-26)14-5-4-6-16(23)11-14/h4-8,11,15H,9-10,12-13H2,1-3H3/t15-/m0/s1. The molecule has 0 bridgehead atoms. The van der Waals surface area contributed by atoms with Gasteiger partial charge in [0, 0.05) is 11.6 Å². The maximum absolute atomic E-state index is 6.14. The van der Waals surface area contributed by atoms with Crippen LogP contribution in [0.25, 0.3) is 11.4 Å². The van der Waals surface area contributed by atoms with Gasteiger partial charge in [-0.3, -0.25) is 4.90 Å². The molecule has 8 heteroatoms. The monoisotopic (exact) mass is 429 g/mol. The van der Waals surface area contributed by atoms with E-state index in [4.69, 9.17) is 30.3 Å². The van der Waals surface area contributed by atoms with Gasteiger partial charge in [-0.1, -0.05) is 28.9 Å². The highest BCUT2D eigenvalue weighted by molar-refractivity contribution is 6.30. The zero-order valence-corrected chi connectivity index (χ0v) is 18.0. The maximum Gasteiger partial charge on any atom is 0.241 e. The molecule has 30 heavy (non-hydrogen) atoms. The van der Waals surface area contributed by atoms with Crippen LogP contribution in [0.1, 0.15) is 23.8 Å². The Labute approximate surface area is 180 Å². The molecule has 0 saturated carbocycles. The van der Waals surface area contributed by atoms with Crippen molar-refractivity contribution in [3.63, 3.8) is 0 Å². The van der Waals surface area contributed by atoms with Gasteiger partial charge in [-0.25, -0.2) is 0 Å². The maximum atomic E-state index is 6.14. The van der Waals surface area contributed by atoms with E-state index in [1.54, 1.807) is 27.4 Å². The largest absolute Gasteiger partial charge is 0.493 e. The number of halogens is 1. The highest BCUT2D eigenvalue weighted by atomic mass is 35.5. The molecular formula is C22H24ClN3O4. The molecule has 1 fully saturated rings. The van der Waals surface area contributed by atoms with Crippen molar-refractivity contribution >= 4 is 11.6 Å². The van der Waals surface area contributed by atoms with Crippen LogP contribution in [0.3, 0.4) is 0 Å². The topological polar surface area (TPSA) is 69.9 Å². The number of methoxy groups -OCH3 is 3. The van der Waals surface area contributed by atoms with Crippen LogP contribution in [0, 0.1) is 0 Å². The minimum atomic E-state index is 0.452. The molecule has 0 amide bonds. The summed E-state index contributed by atoms with van der Waals surface area (Å²) in [6, 6.07) is 11.7. The van der Waals surface area contributed by atoms with Gasteiger partial charge >= 0.3 is 0 Å². The van der Waals surface area contributed by atoms with Crippen molar-refractivity contribution in [2.75, 3.05) is 34.4 Å². The summed E-state index contributed by atoms with van der Waals surface area (Å²) in [5.74, 6) is 3.05. The van der Waals surface area contributed by atoms with Gasteiger partial charge in [0.15, 0.2) is 11.5 Å². The Morgan fingerprint density at radius 1 is 1.10 bits per heavy atom. The molecule has 4 rings (SSSR count). The third kappa shape index (κ3) is 4.08. The van der Waals surface area contributed by atoms with E-state index in [1.807, 2.05) is 24.3 Å². The fraction of sp³-hybridized carbons (Fsp3) is 0.364. The highest BCUT2D eigenvalue weighted by Crippen LogP contribution is 2.43. The summed E-state index contributed by atoms with van der Waals surface area (Å²) in [4.78, 5) is 6.89. The molecule has 0 spiro atoms. The van der Waals surface area contributed by atoms with E-state index in [1.165, 1.54) is 5.56 Å². The van der Waals surface area contributed by atoms with E-state index in [0.717, 1.165) is 24.5 Å². The predicted octanol–water partition coefficient (Wildman–Crippen LogP) is 4.41. The number of aromatic nitrogens is 2. The van der Waals surface area contributed by atoms with Crippen molar-refractivity contribution < 1.29 is 18.7 Å². The van der Waals surface area contributed by atoms with Crippen LogP contribution < -0.4 is 14.2 Å². The molecule has 2 heterocycles. The van der Waals surface area contributed by atoms with Gasteiger partial charge in [0.1, 0.15) is 0 Å². The normalized spacial score (nSPS) is 16.6. The van der Waals surface area contributed by atoms with Gasteiger partial charge < -0.3 is 18.7 Å². The smallest absolute Gasteiger partial charge is 0.241 e. The third-order valence-corrected chi connectivity index (χ3v) is 5.60. The molecule has 3 aromatic rings. The Balaban J connectivity index is 1.49. The lowest BCUT2D eigenvalue weighted by atomic mass is 9.99. The molecule has 0 N–H and O–H groups in total. The van der Waals surface area contributed by atoms with Crippen molar-refractivity contribution in [3.8, 4) is 28.6 Å². The van der Waals surface area contributed by atoms with Crippen LogP contribution in [0.5, 0.6) is 17.2 Å². The number of hydrogen-bond acceptors (Lipinski definition) is 7. The number of benzene rings is 2. The van der Waals surface area contributed by atoms with Crippen LogP contribution in [-0.2, 0) is 6.54 Å². The van der Waals surface area contributed by atoms with Gasteiger partial charge in [-0.15, -0.1) is 0 Å². The first-order valence-corrected chi connectivity index (χ1v) is 10.1. The number of ether oxygens (including phenoxy) is 3. The van der Waals surface area contributed by atoms with Crippen molar-refractivity contribution in [1.29, 1.82) is 0 Å². The molecule has 0 aliphatic carbocycles. The lowest BCUT2D eigenvalue weighted by Gasteiger charge is -2.14. The van der Waals surface area contributed by atoms with Gasteiger partial charge in [0.2, 0.25) is 17.5 Å². The second kappa shape index (κ2) is 8.93. The molecule has 158 valence electrons. The molecular weight excluding hydrogens is 406 g/mol. The van der Waals surface area contributed by atoms with Crippen molar-refractivity contribution in [2.45, 2.75) is 18.9 Å². The summed E-state index contributed by atoms with van der Waals surface area (Å²) in [5, 5.41) is 4.92.